The fourth-order valence-electron chi connectivity index (χ4n) is 5.28. The highest BCUT2D eigenvalue weighted by Crippen LogP contribution is 2.37. The molecular formula is C35H40N6O4. The first-order valence-corrected chi connectivity index (χ1v) is 15.6. The summed E-state index contributed by atoms with van der Waals surface area (Å²) < 4.78 is 11.7. The number of unbranched alkanes of at least 4 members (excludes halogenated alkanes) is 1. The summed E-state index contributed by atoms with van der Waals surface area (Å²) >= 11 is 0. The van der Waals surface area contributed by atoms with Crippen molar-refractivity contribution in [3.8, 4) is 18.1 Å². The lowest BCUT2D eigenvalue weighted by atomic mass is 9.99. The van der Waals surface area contributed by atoms with E-state index in [-0.39, 0.29) is 17.4 Å². The minimum Gasteiger partial charge on any atom is -0.494 e. The van der Waals surface area contributed by atoms with E-state index in [4.69, 9.17) is 15.6 Å². The van der Waals surface area contributed by atoms with E-state index in [1.165, 1.54) is 10.9 Å². The van der Waals surface area contributed by atoms with Gasteiger partial charge in [0.25, 0.3) is 0 Å². The molecule has 0 unspecified atom stereocenters. The van der Waals surface area contributed by atoms with E-state index in [9.17, 15) is 9.59 Å². The predicted octanol–water partition coefficient (Wildman–Crippen LogP) is 6.40. The highest BCUT2D eigenvalue weighted by Gasteiger charge is 2.39. The summed E-state index contributed by atoms with van der Waals surface area (Å²) in [6.45, 7) is 1.04. The second kappa shape index (κ2) is 15.3. The van der Waals surface area contributed by atoms with Crippen LogP contribution in [0.1, 0.15) is 74.3 Å². The second-order valence-corrected chi connectivity index (χ2v) is 11.6. The van der Waals surface area contributed by atoms with Gasteiger partial charge in [-0.3, -0.25) is 9.59 Å². The number of nitrogens with zero attached hydrogens (tertiary/aromatic N) is 5. The third-order valence-corrected chi connectivity index (χ3v) is 8.09. The molecule has 1 aliphatic rings. The van der Waals surface area contributed by atoms with E-state index in [0.29, 0.717) is 69.9 Å². The van der Waals surface area contributed by atoms with Gasteiger partial charge < -0.3 is 19.0 Å². The molecule has 10 heteroatoms. The van der Waals surface area contributed by atoms with E-state index in [0.717, 1.165) is 42.5 Å². The van der Waals surface area contributed by atoms with Gasteiger partial charge in [0.15, 0.2) is 5.66 Å². The number of nitrogens with one attached hydrogen (secondary N) is 1. The lowest BCUT2D eigenvalue weighted by molar-refractivity contribution is -0.130. The number of aromatic nitrogens is 3. The Hall–Kier alpha value is -4.78. The summed E-state index contributed by atoms with van der Waals surface area (Å²) in [5, 5.41) is 17.7. The second-order valence-electron chi connectivity index (χ2n) is 11.6. The lowest BCUT2D eigenvalue weighted by Crippen LogP contribution is -2.26. The molecule has 1 aliphatic heterocycles. The van der Waals surface area contributed by atoms with Crippen molar-refractivity contribution >= 4 is 22.6 Å². The summed E-state index contributed by atoms with van der Waals surface area (Å²) in [7, 11) is 1.79. The van der Waals surface area contributed by atoms with Crippen LogP contribution in [0, 0.1) is 12.3 Å². The molecule has 1 amide bonds. The molecule has 0 aliphatic carbocycles. The Morgan fingerprint density at radius 3 is 2.51 bits per heavy atom. The SMILES string of the molecule is C#CCCC1(CCC(=O)CCCCOc2ccc(CN(C)C(=O)CCc3nnc(CCc4c[nH]c5ccccc45)o3)cc2)N=N1. The number of amides is 1. The fraction of sp³-hybridized carbons (Fsp3) is 0.429. The molecule has 0 saturated carbocycles. The van der Waals surface area contributed by atoms with Gasteiger partial charge in [0, 0.05) is 82.1 Å². The van der Waals surface area contributed by atoms with Crippen molar-refractivity contribution < 1.29 is 18.7 Å². The van der Waals surface area contributed by atoms with Crippen molar-refractivity contribution in [2.75, 3.05) is 13.7 Å². The van der Waals surface area contributed by atoms with Crippen LogP contribution in [-0.2, 0) is 35.4 Å². The van der Waals surface area contributed by atoms with E-state index >= 15 is 0 Å². The molecule has 0 fully saturated rings. The normalized spacial score (nSPS) is 13.1. The molecule has 5 rings (SSSR count). The minimum absolute atomic E-state index is 0.00655. The van der Waals surface area contributed by atoms with Crippen LogP contribution in [-0.4, -0.2) is 51.1 Å². The maximum atomic E-state index is 12.8. The van der Waals surface area contributed by atoms with Gasteiger partial charge in [0.05, 0.1) is 6.61 Å². The van der Waals surface area contributed by atoms with Gasteiger partial charge in [-0.05, 0) is 48.6 Å². The van der Waals surface area contributed by atoms with Crippen LogP contribution in [0.3, 0.4) is 0 Å². The number of carbonyl (C=O) groups is 2. The third kappa shape index (κ3) is 9.35. The van der Waals surface area contributed by atoms with Crippen LogP contribution >= 0.6 is 0 Å². The topological polar surface area (TPSA) is 126 Å². The molecule has 3 heterocycles. The zero-order valence-corrected chi connectivity index (χ0v) is 25.8. The number of aryl methyl sites for hydroxylation is 3. The smallest absolute Gasteiger partial charge is 0.223 e. The number of terminal acetylenes is 1. The molecule has 10 nitrogen and oxygen atoms in total. The van der Waals surface area contributed by atoms with Gasteiger partial charge in [-0.2, -0.15) is 10.2 Å². The number of aromatic amines is 1. The number of para-hydroxylation sites is 1. The zero-order valence-electron chi connectivity index (χ0n) is 25.8. The van der Waals surface area contributed by atoms with Crippen molar-refractivity contribution in [2.45, 2.75) is 82.8 Å². The Morgan fingerprint density at radius 2 is 1.73 bits per heavy atom. The molecule has 0 saturated heterocycles. The molecule has 0 spiro atoms. The van der Waals surface area contributed by atoms with Gasteiger partial charge in [-0.1, -0.05) is 30.3 Å². The van der Waals surface area contributed by atoms with Crippen LogP contribution < -0.4 is 4.74 Å². The van der Waals surface area contributed by atoms with Crippen molar-refractivity contribution in [3.63, 3.8) is 0 Å². The maximum Gasteiger partial charge on any atom is 0.223 e. The summed E-state index contributed by atoms with van der Waals surface area (Å²) in [6, 6.07) is 15.9. The van der Waals surface area contributed by atoms with E-state index < -0.39 is 0 Å². The molecule has 1 N–H and O–H groups in total. The number of fused-ring (bicyclic) bond motifs is 1. The van der Waals surface area contributed by atoms with Gasteiger partial charge in [0.2, 0.25) is 17.7 Å². The third-order valence-electron chi connectivity index (χ3n) is 8.09. The number of Topliss-reactive ketones (excluding diaryl/α,β-unsaturated/α-hetero) is 1. The zero-order chi connectivity index (χ0) is 31.5. The van der Waals surface area contributed by atoms with Crippen LogP contribution in [0.15, 0.2) is 69.4 Å². The minimum atomic E-state index is -0.390. The van der Waals surface area contributed by atoms with Gasteiger partial charge >= 0.3 is 0 Å². The molecule has 2 aromatic heterocycles. The Morgan fingerprint density at radius 1 is 0.956 bits per heavy atom. The summed E-state index contributed by atoms with van der Waals surface area (Å²) in [5.41, 5.74) is 2.95. The molecule has 0 bridgehead atoms. The number of ketones is 1. The molecular weight excluding hydrogens is 568 g/mol. The van der Waals surface area contributed by atoms with Gasteiger partial charge in [0.1, 0.15) is 11.5 Å². The average Bonchev–Trinajstić information content (AvgIpc) is 3.47. The lowest BCUT2D eigenvalue weighted by Gasteiger charge is -2.17. The van der Waals surface area contributed by atoms with Crippen LogP contribution in [0.4, 0.5) is 0 Å². The first-order valence-electron chi connectivity index (χ1n) is 15.6. The number of carbonyl (C=O) groups excluding carboxylic acids is 2. The van der Waals surface area contributed by atoms with E-state index in [2.05, 4.69) is 43.5 Å². The summed E-state index contributed by atoms with van der Waals surface area (Å²) in [5.74, 6) is 4.67. The highest BCUT2D eigenvalue weighted by atomic mass is 16.5. The molecule has 45 heavy (non-hydrogen) atoms. The Kier molecular flexibility index (Phi) is 10.7. The molecule has 0 radical (unpaired) electrons. The number of H-pyrrole nitrogens is 1. The van der Waals surface area contributed by atoms with Crippen LogP contribution in [0.25, 0.3) is 10.9 Å². The Labute approximate surface area is 263 Å². The van der Waals surface area contributed by atoms with E-state index in [1.54, 1.807) is 11.9 Å². The summed E-state index contributed by atoms with van der Waals surface area (Å²) in [4.78, 5) is 29.9. The Bertz CT molecular complexity index is 1640. The largest absolute Gasteiger partial charge is 0.494 e. The quantitative estimate of drug-likeness (QED) is 0.0970. The number of hydrogen-bond donors (Lipinski definition) is 1. The monoisotopic (exact) mass is 608 g/mol. The van der Waals surface area contributed by atoms with Crippen molar-refractivity contribution in [3.05, 3.63) is 77.6 Å². The Balaban J connectivity index is 0.942. The van der Waals surface area contributed by atoms with E-state index in [1.807, 2.05) is 42.6 Å². The average molecular weight is 609 g/mol. The summed E-state index contributed by atoms with van der Waals surface area (Å²) in [6.07, 6.45) is 14.1. The van der Waals surface area contributed by atoms with Crippen molar-refractivity contribution in [1.82, 2.24) is 20.1 Å². The standard InChI is InChI=1S/C35H40N6O4/c1-3-4-21-35(39-40-35)22-20-28(42)9-7-8-23-44-29-15-12-26(13-16-29)25-41(2)34(43)19-18-33-38-37-32(45-33)17-14-27-24-36-31-11-6-5-10-30(27)31/h1,5-6,10-13,15-16,24,36H,4,7-9,14,17-23,25H2,2H3. The number of hydrogen-bond acceptors (Lipinski definition) is 8. The van der Waals surface area contributed by atoms with Gasteiger partial charge in [-0.15, -0.1) is 22.5 Å². The maximum absolute atomic E-state index is 12.8. The highest BCUT2D eigenvalue weighted by molar-refractivity contribution is 5.83. The van der Waals surface area contributed by atoms with Crippen LogP contribution in [0.5, 0.6) is 5.75 Å². The number of benzene rings is 2. The number of rotatable bonds is 19. The number of ether oxygens (including phenoxy) is 1. The molecule has 4 aromatic rings. The first kappa shape index (κ1) is 31.6. The van der Waals surface area contributed by atoms with Crippen molar-refractivity contribution in [1.29, 1.82) is 0 Å². The fourth-order valence-corrected chi connectivity index (χ4v) is 5.28. The van der Waals surface area contributed by atoms with Gasteiger partial charge in [-0.25, -0.2) is 0 Å². The first-order chi connectivity index (χ1) is 21.9. The van der Waals surface area contributed by atoms with Crippen LogP contribution in [0.2, 0.25) is 0 Å². The van der Waals surface area contributed by atoms with Crippen molar-refractivity contribution in [2.24, 2.45) is 10.2 Å². The molecule has 234 valence electrons. The molecule has 0 atom stereocenters. The molecule has 2 aromatic carbocycles. The predicted molar refractivity (Wildman–Crippen MR) is 170 cm³/mol.